The molecule has 0 atom stereocenters. The maximum Gasteiger partial charge on any atom is 0.422 e. The van der Waals surface area contributed by atoms with Crippen molar-refractivity contribution in [2.45, 2.75) is 25.7 Å². The number of nitrogens with zero attached hydrogens (tertiary/aromatic N) is 7. The molecule has 0 N–H and O–H groups in total. The van der Waals surface area contributed by atoms with Crippen molar-refractivity contribution in [3.05, 3.63) is 65.3 Å². The van der Waals surface area contributed by atoms with Gasteiger partial charge in [-0.3, -0.25) is 4.57 Å². The van der Waals surface area contributed by atoms with Crippen molar-refractivity contribution in [1.29, 1.82) is 0 Å². The Balaban J connectivity index is 1.56. The fourth-order valence-electron chi connectivity index (χ4n) is 3.63. The van der Waals surface area contributed by atoms with E-state index in [2.05, 4.69) is 20.2 Å². The predicted molar refractivity (Wildman–Crippen MR) is 132 cm³/mol. The number of anilines is 1. The number of halogens is 4. The minimum absolute atomic E-state index is 0.0848. The first-order valence-corrected chi connectivity index (χ1v) is 11.6. The highest BCUT2D eigenvalue weighted by atomic mass is 35.5. The van der Waals surface area contributed by atoms with E-state index < -0.39 is 12.8 Å². The number of hydrogen-bond acceptors (Lipinski definition) is 7. The highest BCUT2D eigenvalue weighted by molar-refractivity contribution is 6.29. The summed E-state index contributed by atoms with van der Waals surface area (Å²) >= 11 is 6.14. The number of aromatic nitrogens is 6. The lowest BCUT2D eigenvalue weighted by Gasteiger charge is -2.20. The summed E-state index contributed by atoms with van der Waals surface area (Å²) in [4.78, 5) is 10.3. The molecule has 9 nitrogen and oxygen atoms in total. The molecule has 0 aliphatic rings. The molecule has 0 unspecified atom stereocenters. The zero-order chi connectivity index (χ0) is 26.6. The molecular weight excluding hydrogens is 511 g/mol. The molecule has 13 heteroatoms. The van der Waals surface area contributed by atoms with E-state index >= 15 is 0 Å². The van der Waals surface area contributed by atoms with E-state index in [1.54, 1.807) is 23.9 Å². The number of methoxy groups -OCH3 is 1. The molecule has 3 heterocycles. The number of hydrogen-bond donors (Lipinski definition) is 0. The van der Waals surface area contributed by atoms with Crippen LogP contribution in [0, 0.1) is 0 Å². The highest BCUT2D eigenvalue weighted by Gasteiger charge is 2.28. The number of alkyl halides is 3. The van der Waals surface area contributed by atoms with Crippen molar-refractivity contribution in [3.63, 3.8) is 0 Å². The number of imidazole rings is 1. The van der Waals surface area contributed by atoms with Crippen molar-refractivity contribution in [2.24, 2.45) is 7.05 Å². The van der Waals surface area contributed by atoms with Crippen LogP contribution in [0.1, 0.15) is 11.4 Å². The Morgan fingerprint density at radius 2 is 1.78 bits per heavy atom. The van der Waals surface area contributed by atoms with Crippen LogP contribution < -0.4 is 14.4 Å². The van der Waals surface area contributed by atoms with E-state index in [-0.39, 0.29) is 5.88 Å². The average molecular weight is 536 g/mol. The van der Waals surface area contributed by atoms with Gasteiger partial charge in [-0.15, -0.1) is 10.2 Å². The average Bonchev–Trinajstić information content (AvgIpc) is 3.45. The highest BCUT2D eigenvalue weighted by Crippen LogP contribution is 2.26. The third-order valence-electron chi connectivity index (χ3n) is 5.63. The van der Waals surface area contributed by atoms with Gasteiger partial charge in [0.25, 0.3) is 0 Å². The number of benzene rings is 1. The smallest absolute Gasteiger partial charge is 0.422 e. The third-order valence-corrected chi connectivity index (χ3v) is 5.98. The van der Waals surface area contributed by atoms with Gasteiger partial charge >= 0.3 is 6.18 Å². The molecule has 0 amide bonds. The Hall–Kier alpha value is -3.80. The molecule has 0 saturated carbocycles. The summed E-state index contributed by atoms with van der Waals surface area (Å²) < 4.78 is 50.9. The standard InChI is InChI=1S/C24H25ClF3N7O2/c1-33(14-20-29-13-19(25)34(20)2)23-32-31-22(17-5-7-18(36-3)8-6-17)35(23)11-10-16-4-9-21(30-12-16)37-15-24(26,27)28/h4-9,12-13H,10-11,14-15H2,1-3H3. The quantitative estimate of drug-likeness (QED) is 0.294. The van der Waals surface area contributed by atoms with Crippen LogP contribution in [0.4, 0.5) is 19.1 Å². The molecule has 3 aromatic heterocycles. The minimum Gasteiger partial charge on any atom is -0.497 e. The number of aryl methyl sites for hydroxylation is 1. The molecule has 0 radical (unpaired) electrons. The lowest BCUT2D eigenvalue weighted by Crippen LogP contribution is -2.23. The second-order valence-corrected chi connectivity index (χ2v) is 8.66. The van der Waals surface area contributed by atoms with Gasteiger partial charge in [-0.05, 0) is 36.2 Å². The van der Waals surface area contributed by atoms with Crippen molar-refractivity contribution in [3.8, 4) is 23.0 Å². The van der Waals surface area contributed by atoms with Crippen LogP contribution in [0.2, 0.25) is 5.15 Å². The van der Waals surface area contributed by atoms with Crippen LogP contribution in [0.5, 0.6) is 11.6 Å². The molecule has 196 valence electrons. The first-order valence-electron chi connectivity index (χ1n) is 11.2. The van der Waals surface area contributed by atoms with E-state index in [9.17, 15) is 13.2 Å². The summed E-state index contributed by atoms with van der Waals surface area (Å²) in [5.74, 6) is 2.66. The van der Waals surface area contributed by atoms with Gasteiger partial charge in [-0.2, -0.15) is 13.2 Å². The summed E-state index contributed by atoms with van der Waals surface area (Å²) in [7, 11) is 5.32. The Bertz CT molecular complexity index is 1320. The monoisotopic (exact) mass is 535 g/mol. The van der Waals surface area contributed by atoms with E-state index in [4.69, 9.17) is 21.1 Å². The van der Waals surface area contributed by atoms with Gasteiger partial charge in [-0.25, -0.2) is 9.97 Å². The predicted octanol–water partition coefficient (Wildman–Crippen LogP) is 4.56. The van der Waals surface area contributed by atoms with Crippen LogP contribution >= 0.6 is 11.6 Å². The third kappa shape index (κ3) is 6.50. The van der Waals surface area contributed by atoms with Gasteiger partial charge in [-0.1, -0.05) is 17.7 Å². The van der Waals surface area contributed by atoms with Crippen molar-refractivity contribution >= 4 is 17.5 Å². The molecular formula is C24H25ClF3N7O2. The topological polar surface area (TPSA) is 83.1 Å². The van der Waals surface area contributed by atoms with E-state index in [0.717, 1.165) is 22.7 Å². The van der Waals surface area contributed by atoms with Gasteiger partial charge in [0, 0.05) is 38.5 Å². The van der Waals surface area contributed by atoms with Crippen LogP contribution in [0.25, 0.3) is 11.4 Å². The summed E-state index contributed by atoms with van der Waals surface area (Å²) in [6.45, 7) is -0.460. The van der Waals surface area contributed by atoms with Crippen molar-refractivity contribution in [2.75, 3.05) is 25.7 Å². The molecule has 0 fully saturated rings. The van der Waals surface area contributed by atoms with E-state index in [1.807, 2.05) is 47.8 Å². The Kier molecular flexibility index (Phi) is 7.86. The zero-order valence-electron chi connectivity index (χ0n) is 20.4. The lowest BCUT2D eigenvalue weighted by molar-refractivity contribution is -0.154. The SMILES string of the molecule is COc1ccc(-c2nnc(N(C)Cc3ncc(Cl)n3C)n2CCc2ccc(OCC(F)(F)F)nc2)cc1. The molecule has 0 bridgehead atoms. The largest absolute Gasteiger partial charge is 0.497 e. The molecule has 1 aromatic carbocycles. The Labute approximate surface area is 216 Å². The van der Waals surface area contributed by atoms with Crippen LogP contribution in [0.3, 0.4) is 0 Å². The normalized spacial score (nSPS) is 11.5. The van der Waals surface area contributed by atoms with Crippen molar-refractivity contribution < 1.29 is 22.6 Å². The number of rotatable bonds is 10. The summed E-state index contributed by atoms with van der Waals surface area (Å²) in [6, 6.07) is 10.6. The second-order valence-electron chi connectivity index (χ2n) is 8.27. The first kappa shape index (κ1) is 26.3. The van der Waals surface area contributed by atoms with Crippen LogP contribution in [0.15, 0.2) is 48.8 Å². The van der Waals surface area contributed by atoms with Crippen LogP contribution in [-0.2, 0) is 26.6 Å². The molecule has 0 aliphatic carbocycles. The minimum atomic E-state index is -4.42. The molecule has 4 aromatic rings. The zero-order valence-corrected chi connectivity index (χ0v) is 21.2. The molecule has 0 aliphatic heterocycles. The van der Waals surface area contributed by atoms with Crippen molar-refractivity contribution in [1.82, 2.24) is 29.3 Å². The Morgan fingerprint density at radius 3 is 2.38 bits per heavy atom. The summed E-state index contributed by atoms with van der Waals surface area (Å²) in [5.41, 5.74) is 1.67. The summed E-state index contributed by atoms with van der Waals surface area (Å²) in [6.07, 6.45) is -0.798. The van der Waals surface area contributed by atoms with Gasteiger partial charge in [0.2, 0.25) is 11.8 Å². The van der Waals surface area contributed by atoms with Gasteiger partial charge in [0.1, 0.15) is 16.7 Å². The fourth-order valence-corrected chi connectivity index (χ4v) is 3.78. The molecule has 37 heavy (non-hydrogen) atoms. The van der Waals surface area contributed by atoms with E-state index in [1.165, 1.54) is 12.3 Å². The molecule has 0 spiro atoms. The summed E-state index contributed by atoms with van der Waals surface area (Å²) in [5, 5.41) is 9.40. The molecule has 4 rings (SSSR count). The lowest BCUT2D eigenvalue weighted by atomic mass is 10.2. The molecule has 0 saturated heterocycles. The fraction of sp³-hybridized carbons (Fsp3) is 0.333. The maximum absolute atomic E-state index is 12.4. The first-order chi connectivity index (χ1) is 17.6. The second kappa shape index (κ2) is 11.1. The van der Waals surface area contributed by atoms with Gasteiger partial charge < -0.3 is 18.9 Å². The number of pyridine rings is 1. The Morgan fingerprint density at radius 1 is 1.03 bits per heavy atom. The van der Waals surface area contributed by atoms with Crippen LogP contribution in [-0.4, -0.2) is 56.2 Å². The maximum atomic E-state index is 12.4. The van der Waals surface area contributed by atoms with Gasteiger partial charge in [0.05, 0.1) is 19.9 Å². The van der Waals surface area contributed by atoms with E-state index in [0.29, 0.717) is 36.4 Å². The number of ether oxygens (including phenoxy) is 2. The van der Waals surface area contributed by atoms with Gasteiger partial charge in [0.15, 0.2) is 12.4 Å².